The van der Waals surface area contributed by atoms with Gasteiger partial charge in [-0.3, -0.25) is 9.89 Å². The zero-order chi connectivity index (χ0) is 18.0. The van der Waals surface area contributed by atoms with Gasteiger partial charge >= 0.3 is 0 Å². The van der Waals surface area contributed by atoms with Crippen LogP contribution in [0.5, 0.6) is 0 Å². The van der Waals surface area contributed by atoms with Gasteiger partial charge in [-0.2, -0.15) is 5.10 Å². The van der Waals surface area contributed by atoms with Gasteiger partial charge in [-0.15, -0.1) is 0 Å². The van der Waals surface area contributed by atoms with E-state index in [2.05, 4.69) is 41.3 Å². The van der Waals surface area contributed by atoms with Gasteiger partial charge in [0.2, 0.25) is 0 Å². The van der Waals surface area contributed by atoms with Crippen LogP contribution in [-0.2, 0) is 13.6 Å². The van der Waals surface area contributed by atoms with Gasteiger partial charge < -0.3 is 14.5 Å². The predicted octanol–water partition coefficient (Wildman–Crippen LogP) is 2.46. The molecule has 0 radical (unpaired) electrons. The van der Waals surface area contributed by atoms with Crippen molar-refractivity contribution in [1.82, 2.24) is 29.6 Å². The molecule has 3 aromatic rings. The molecular formula is C18H24N6O. The molecule has 0 aromatic carbocycles. The molecule has 3 heterocycles. The lowest BCUT2D eigenvalue weighted by molar-refractivity contribution is 0.0887. The summed E-state index contributed by atoms with van der Waals surface area (Å²) in [4.78, 5) is 16.8. The normalized spacial score (nSPS) is 13.0. The number of carbonyl (C=O) groups is 1. The third kappa shape index (κ3) is 3.81. The van der Waals surface area contributed by atoms with E-state index >= 15 is 0 Å². The van der Waals surface area contributed by atoms with Crippen molar-refractivity contribution in [3.63, 3.8) is 0 Å². The highest BCUT2D eigenvalue weighted by molar-refractivity contribution is 5.93. The summed E-state index contributed by atoms with van der Waals surface area (Å²) in [5, 5.41) is 10.2. The maximum Gasteiger partial charge on any atom is 0.269 e. The standard InChI is InChI=1S/C18H24N6O/c1-18(2,3)16(11-24-9-7-19-12-24)20-17(25)14-10-13(21-22-14)15-6-5-8-23(15)4/h5-10,12,16H,11H2,1-4H3,(H,20,25)(H,21,22)/t16-/m0/s1. The minimum absolute atomic E-state index is 0.0454. The number of H-pyrrole nitrogens is 1. The molecule has 0 aliphatic rings. The van der Waals surface area contributed by atoms with E-state index in [1.165, 1.54) is 0 Å². The number of rotatable bonds is 5. The van der Waals surface area contributed by atoms with E-state index in [9.17, 15) is 4.79 Å². The Morgan fingerprint density at radius 2 is 2.16 bits per heavy atom. The summed E-state index contributed by atoms with van der Waals surface area (Å²) >= 11 is 0. The Bertz CT molecular complexity index is 837. The minimum Gasteiger partial charge on any atom is -0.349 e. The predicted molar refractivity (Wildman–Crippen MR) is 95.9 cm³/mol. The number of aromatic amines is 1. The highest BCUT2D eigenvalue weighted by Gasteiger charge is 2.27. The van der Waals surface area contributed by atoms with Crippen LogP contribution in [0.2, 0.25) is 0 Å². The average molecular weight is 340 g/mol. The maximum atomic E-state index is 12.7. The summed E-state index contributed by atoms with van der Waals surface area (Å²) in [6, 6.07) is 5.65. The lowest BCUT2D eigenvalue weighted by Gasteiger charge is -2.31. The van der Waals surface area contributed by atoms with Crippen LogP contribution >= 0.6 is 0 Å². The molecule has 0 unspecified atom stereocenters. The molecule has 0 bridgehead atoms. The van der Waals surface area contributed by atoms with Gasteiger partial charge in [0, 0.05) is 32.2 Å². The molecule has 0 spiro atoms. The Kier molecular flexibility index (Phi) is 4.48. The van der Waals surface area contributed by atoms with Crippen molar-refractivity contribution in [2.75, 3.05) is 0 Å². The van der Waals surface area contributed by atoms with Gasteiger partial charge in [-0.1, -0.05) is 20.8 Å². The van der Waals surface area contributed by atoms with Crippen molar-refractivity contribution < 1.29 is 4.79 Å². The van der Waals surface area contributed by atoms with Crippen LogP contribution in [0.25, 0.3) is 11.4 Å². The lowest BCUT2D eigenvalue weighted by atomic mass is 9.86. The van der Waals surface area contributed by atoms with E-state index in [-0.39, 0.29) is 17.4 Å². The number of hydrogen-bond donors (Lipinski definition) is 2. The second kappa shape index (κ2) is 6.58. The van der Waals surface area contributed by atoms with Crippen molar-refractivity contribution in [1.29, 1.82) is 0 Å². The smallest absolute Gasteiger partial charge is 0.269 e. The number of nitrogens with zero attached hydrogens (tertiary/aromatic N) is 4. The average Bonchev–Trinajstić information content (AvgIpc) is 3.25. The zero-order valence-electron chi connectivity index (χ0n) is 15.0. The fourth-order valence-electron chi connectivity index (χ4n) is 2.67. The number of imidazole rings is 1. The summed E-state index contributed by atoms with van der Waals surface area (Å²) in [5.41, 5.74) is 2.07. The number of carbonyl (C=O) groups excluding carboxylic acids is 1. The van der Waals surface area contributed by atoms with E-state index in [1.807, 2.05) is 40.7 Å². The van der Waals surface area contributed by atoms with Gasteiger partial charge in [0.1, 0.15) is 11.4 Å². The SMILES string of the molecule is Cn1cccc1-c1cc(C(=O)N[C@@H](Cn2ccnc2)C(C)(C)C)[nH]n1. The van der Waals surface area contributed by atoms with Crippen LogP contribution in [0.4, 0.5) is 0 Å². The van der Waals surface area contributed by atoms with E-state index in [0.29, 0.717) is 12.2 Å². The number of amides is 1. The van der Waals surface area contributed by atoms with E-state index < -0.39 is 0 Å². The summed E-state index contributed by atoms with van der Waals surface area (Å²) in [7, 11) is 1.95. The second-order valence-corrected chi connectivity index (χ2v) is 7.32. The molecule has 3 aromatic heterocycles. The van der Waals surface area contributed by atoms with Crippen LogP contribution in [0.1, 0.15) is 31.3 Å². The van der Waals surface area contributed by atoms with Gasteiger partial charge in [-0.05, 0) is 23.6 Å². The highest BCUT2D eigenvalue weighted by Crippen LogP contribution is 2.22. The molecule has 3 rings (SSSR count). The van der Waals surface area contributed by atoms with Crippen LogP contribution in [0, 0.1) is 5.41 Å². The van der Waals surface area contributed by atoms with Crippen molar-refractivity contribution in [2.24, 2.45) is 12.5 Å². The molecule has 0 aliphatic carbocycles. The van der Waals surface area contributed by atoms with Crippen LogP contribution in [0.15, 0.2) is 43.1 Å². The second-order valence-electron chi connectivity index (χ2n) is 7.32. The fourth-order valence-corrected chi connectivity index (χ4v) is 2.67. The Morgan fingerprint density at radius 3 is 2.76 bits per heavy atom. The fraction of sp³-hybridized carbons (Fsp3) is 0.389. The first-order chi connectivity index (χ1) is 11.8. The van der Waals surface area contributed by atoms with E-state index in [4.69, 9.17) is 0 Å². The summed E-state index contributed by atoms with van der Waals surface area (Å²) < 4.78 is 3.94. The Labute approximate surface area is 147 Å². The molecule has 0 saturated heterocycles. The monoisotopic (exact) mass is 340 g/mol. The summed E-state index contributed by atoms with van der Waals surface area (Å²) in [6.07, 6.45) is 7.34. The first kappa shape index (κ1) is 17.0. The molecule has 7 nitrogen and oxygen atoms in total. The maximum absolute atomic E-state index is 12.7. The lowest BCUT2D eigenvalue weighted by Crippen LogP contribution is -2.46. The Balaban J connectivity index is 1.75. The summed E-state index contributed by atoms with van der Waals surface area (Å²) in [6.45, 7) is 6.99. The molecular weight excluding hydrogens is 316 g/mol. The number of aromatic nitrogens is 5. The molecule has 1 amide bonds. The molecule has 0 fully saturated rings. The van der Waals surface area contributed by atoms with Gasteiger partial charge in [-0.25, -0.2) is 4.98 Å². The molecule has 1 atom stereocenters. The zero-order valence-corrected chi connectivity index (χ0v) is 15.0. The van der Waals surface area contributed by atoms with Crippen molar-refractivity contribution in [2.45, 2.75) is 33.4 Å². The van der Waals surface area contributed by atoms with Gasteiger partial charge in [0.05, 0.1) is 18.1 Å². The summed E-state index contributed by atoms with van der Waals surface area (Å²) in [5.74, 6) is -0.159. The Hall–Kier alpha value is -2.83. The van der Waals surface area contributed by atoms with Crippen molar-refractivity contribution >= 4 is 5.91 Å². The van der Waals surface area contributed by atoms with Gasteiger partial charge in [0.15, 0.2) is 0 Å². The minimum atomic E-state index is -0.159. The number of nitrogens with one attached hydrogen (secondary N) is 2. The molecule has 0 aliphatic heterocycles. The number of hydrogen-bond acceptors (Lipinski definition) is 3. The van der Waals surface area contributed by atoms with Crippen molar-refractivity contribution in [3.8, 4) is 11.4 Å². The van der Waals surface area contributed by atoms with Crippen molar-refractivity contribution in [3.05, 3.63) is 48.8 Å². The van der Waals surface area contributed by atoms with Crippen LogP contribution in [0.3, 0.4) is 0 Å². The van der Waals surface area contributed by atoms with E-state index in [1.54, 1.807) is 18.6 Å². The highest BCUT2D eigenvalue weighted by atomic mass is 16.2. The quantitative estimate of drug-likeness (QED) is 0.749. The molecule has 2 N–H and O–H groups in total. The molecule has 0 saturated carbocycles. The largest absolute Gasteiger partial charge is 0.349 e. The number of aryl methyl sites for hydroxylation is 1. The van der Waals surface area contributed by atoms with Gasteiger partial charge in [0.25, 0.3) is 5.91 Å². The first-order valence-corrected chi connectivity index (χ1v) is 8.28. The topological polar surface area (TPSA) is 80.5 Å². The first-order valence-electron chi connectivity index (χ1n) is 8.28. The van der Waals surface area contributed by atoms with E-state index in [0.717, 1.165) is 11.4 Å². The molecule has 25 heavy (non-hydrogen) atoms. The molecule has 132 valence electrons. The Morgan fingerprint density at radius 1 is 1.36 bits per heavy atom. The third-order valence-corrected chi connectivity index (χ3v) is 4.33. The third-order valence-electron chi connectivity index (χ3n) is 4.33. The van der Waals surface area contributed by atoms with Crippen LogP contribution < -0.4 is 5.32 Å². The van der Waals surface area contributed by atoms with Crippen LogP contribution in [-0.4, -0.2) is 36.3 Å². The molecule has 7 heteroatoms.